The molecule has 0 atom stereocenters. The summed E-state index contributed by atoms with van der Waals surface area (Å²) in [7, 11) is -0.369. The molecule has 0 spiro atoms. The molecule has 1 heterocycles. The smallest absolute Gasteiger partial charge is 0.277 e. The van der Waals surface area contributed by atoms with E-state index in [-0.39, 0.29) is 30.9 Å². The van der Waals surface area contributed by atoms with Gasteiger partial charge >= 0.3 is 0 Å². The summed E-state index contributed by atoms with van der Waals surface area (Å²) in [5.74, 6) is -0.438. The Balaban J connectivity index is 0.00000392. The van der Waals surface area contributed by atoms with Gasteiger partial charge in [-0.15, -0.1) is 0 Å². The summed E-state index contributed by atoms with van der Waals surface area (Å²) >= 11 is 0. The maximum absolute atomic E-state index is 13.0. The number of sulfone groups is 1. The first-order chi connectivity index (χ1) is 12.6. The van der Waals surface area contributed by atoms with E-state index in [1.54, 1.807) is 21.0 Å². The highest BCUT2D eigenvalue weighted by Crippen LogP contribution is 2.29. The molecule has 2 aromatic rings. The predicted octanol–water partition coefficient (Wildman–Crippen LogP) is 2.69. The Kier molecular flexibility index (Phi) is 9.55. The average molecular weight is 428 g/mol. The standard InChI is InChI=1S/C18H25N3O5S.2CH4/c1-11-13(17(22)15-12(2)20-21(3)18(15)23)7-8-14(27(5,24)25)16(11)19-9-6-10-26-4;;/h7-8,19-20H,6,9-10H2,1-5H3;2*1H4. The van der Waals surface area contributed by atoms with Gasteiger partial charge in [0.05, 0.1) is 10.6 Å². The Bertz CT molecular complexity index is 1020. The largest absolute Gasteiger partial charge is 0.385 e. The van der Waals surface area contributed by atoms with Crippen LogP contribution in [0.15, 0.2) is 21.8 Å². The molecule has 1 aromatic heterocycles. The van der Waals surface area contributed by atoms with Crippen LogP contribution in [0.4, 0.5) is 5.69 Å². The summed E-state index contributed by atoms with van der Waals surface area (Å²) in [5, 5.41) is 5.90. The molecular weight excluding hydrogens is 394 g/mol. The number of carbonyl (C=O) groups excluding carboxylic acids is 1. The van der Waals surface area contributed by atoms with Crippen molar-refractivity contribution in [2.45, 2.75) is 40.0 Å². The molecule has 0 bridgehead atoms. The third kappa shape index (κ3) is 5.57. The Morgan fingerprint density at radius 2 is 1.86 bits per heavy atom. The van der Waals surface area contributed by atoms with Crippen molar-refractivity contribution in [3.8, 4) is 0 Å². The van der Waals surface area contributed by atoms with Gasteiger partial charge in [0.25, 0.3) is 5.56 Å². The summed E-state index contributed by atoms with van der Waals surface area (Å²) in [6.45, 7) is 4.34. The zero-order chi connectivity index (χ0) is 20.4. The molecule has 0 radical (unpaired) electrons. The molecule has 8 nitrogen and oxygen atoms in total. The molecule has 0 aliphatic carbocycles. The van der Waals surface area contributed by atoms with Crippen LogP contribution in [0, 0.1) is 13.8 Å². The fourth-order valence-corrected chi connectivity index (χ4v) is 3.89. The first kappa shape index (κ1) is 26.6. The second kappa shape index (κ2) is 10.4. The SMILES string of the molecule is C.C.COCCCNc1c(S(C)(=O)=O)ccc(C(=O)c2c(C)[nH]n(C)c2=O)c1C. The van der Waals surface area contributed by atoms with Crippen molar-refractivity contribution in [1.29, 1.82) is 0 Å². The average Bonchev–Trinajstić information content (AvgIpc) is 2.83. The van der Waals surface area contributed by atoms with E-state index in [0.29, 0.717) is 36.5 Å². The number of methoxy groups -OCH3 is 1. The van der Waals surface area contributed by atoms with Crippen LogP contribution in [-0.4, -0.2) is 50.5 Å². The topological polar surface area (TPSA) is 110 Å². The minimum atomic E-state index is -3.50. The van der Waals surface area contributed by atoms with Crippen molar-refractivity contribution in [3.05, 3.63) is 44.9 Å². The maximum Gasteiger partial charge on any atom is 0.277 e. The van der Waals surface area contributed by atoms with Crippen LogP contribution in [0.2, 0.25) is 0 Å². The Morgan fingerprint density at radius 1 is 1.24 bits per heavy atom. The van der Waals surface area contributed by atoms with Crippen molar-refractivity contribution in [1.82, 2.24) is 9.78 Å². The molecule has 0 saturated heterocycles. The summed E-state index contributed by atoms with van der Waals surface area (Å²) in [6, 6.07) is 2.86. The quantitative estimate of drug-likeness (QED) is 0.495. The number of H-pyrrole nitrogens is 1. The van der Waals surface area contributed by atoms with E-state index in [2.05, 4.69) is 10.4 Å². The van der Waals surface area contributed by atoms with Crippen LogP contribution in [0.3, 0.4) is 0 Å². The highest BCUT2D eigenvalue weighted by Gasteiger charge is 2.24. The molecule has 2 rings (SSSR count). The maximum atomic E-state index is 13.0. The molecule has 164 valence electrons. The zero-order valence-corrected chi connectivity index (χ0v) is 17.0. The van der Waals surface area contributed by atoms with Crippen molar-refractivity contribution < 1.29 is 17.9 Å². The van der Waals surface area contributed by atoms with E-state index in [4.69, 9.17) is 4.74 Å². The normalized spacial score (nSPS) is 10.8. The number of aromatic nitrogens is 2. The molecular formula is C20H33N3O5S. The minimum Gasteiger partial charge on any atom is -0.385 e. The predicted molar refractivity (Wildman–Crippen MR) is 117 cm³/mol. The highest BCUT2D eigenvalue weighted by molar-refractivity contribution is 7.90. The number of aromatic amines is 1. The fraction of sp³-hybridized carbons (Fsp3) is 0.500. The van der Waals surface area contributed by atoms with Gasteiger partial charge in [-0.25, -0.2) is 8.42 Å². The number of aryl methyl sites for hydroxylation is 2. The van der Waals surface area contributed by atoms with Crippen LogP contribution in [0.5, 0.6) is 0 Å². The number of ketones is 1. The van der Waals surface area contributed by atoms with Gasteiger partial charge in [0.15, 0.2) is 9.84 Å². The minimum absolute atomic E-state index is 0. The van der Waals surface area contributed by atoms with E-state index in [9.17, 15) is 18.0 Å². The summed E-state index contributed by atoms with van der Waals surface area (Å²) in [4.78, 5) is 25.4. The molecule has 2 N–H and O–H groups in total. The van der Waals surface area contributed by atoms with Crippen LogP contribution in [0.1, 0.15) is 48.5 Å². The Hall–Kier alpha value is -2.39. The van der Waals surface area contributed by atoms with Gasteiger partial charge in [0.1, 0.15) is 5.56 Å². The van der Waals surface area contributed by atoms with E-state index in [1.165, 1.54) is 23.9 Å². The fourth-order valence-electron chi connectivity index (χ4n) is 2.98. The molecule has 1 aromatic carbocycles. The number of ether oxygens (including phenoxy) is 1. The monoisotopic (exact) mass is 427 g/mol. The Morgan fingerprint density at radius 3 is 2.34 bits per heavy atom. The number of nitrogens with zero attached hydrogens (tertiary/aromatic N) is 1. The summed E-state index contributed by atoms with van der Waals surface area (Å²) in [5.41, 5.74) is 1.26. The van der Waals surface area contributed by atoms with Gasteiger partial charge in [-0.3, -0.25) is 19.4 Å². The zero-order valence-electron chi connectivity index (χ0n) is 16.2. The molecule has 0 aliphatic heterocycles. The molecule has 29 heavy (non-hydrogen) atoms. The highest BCUT2D eigenvalue weighted by atomic mass is 32.2. The third-order valence-corrected chi connectivity index (χ3v) is 5.49. The van der Waals surface area contributed by atoms with Crippen LogP contribution >= 0.6 is 0 Å². The van der Waals surface area contributed by atoms with Crippen LogP contribution < -0.4 is 10.9 Å². The van der Waals surface area contributed by atoms with Gasteiger partial charge in [-0.05, 0) is 38.0 Å². The number of benzene rings is 1. The van der Waals surface area contributed by atoms with E-state index >= 15 is 0 Å². The van der Waals surface area contributed by atoms with Gasteiger partial charge in [0.2, 0.25) is 5.78 Å². The van der Waals surface area contributed by atoms with Crippen LogP contribution in [-0.2, 0) is 21.6 Å². The lowest BCUT2D eigenvalue weighted by atomic mass is 9.98. The van der Waals surface area contributed by atoms with Gasteiger partial charge < -0.3 is 10.1 Å². The van der Waals surface area contributed by atoms with E-state index in [0.717, 1.165) is 6.26 Å². The number of carbonyl (C=O) groups is 1. The number of hydrogen-bond donors (Lipinski definition) is 2. The summed E-state index contributed by atoms with van der Waals surface area (Å²) in [6.07, 6.45) is 1.80. The number of rotatable bonds is 8. The van der Waals surface area contributed by atoms with Gasteiger partial charge in [0, 0.05) is 44.8 Å². The molecule has 0 amide bonds. The van der Waals surface area contributed by atoms with E-state index < -0.39 is 21.2 Å². The first-order valence-electron chi connectivity index (χ1n) is 8.46. The second-order valence-electron chi connectivity index (χ2n) is 6.46. The molecule has 0 fully saturated rings. The lowest BCUT2D eigenvalue weighted by molar-refractivity contribution is 0.103. The first-order valence-corrected chi connectivity index (χ1v) is 10.4. The Labute approximate surface area is 173 Å². The lowest BCUT2D eigenvalue weighted by Gasteiger charge is -2.16. The van der Waals surface area contributed by atoms with E-state index in [1.807, 2.05) is 0 Å². The molecule has 9 heteroatoms. The van der Waals surface area contributed by atoms with Crippen LogP contribution in [0.25, 0.3) is 0 Å². The second-order valence-corrected chi connectivity index (χ2v) is 8.45. The number of hydrogen-bond acceptors (Lipinski definition) is 6. The number of anilines is 1. The third-order valence-electron chi connectivity index (χ3n) is 4.35. The van der Waals surface area contributed by atoms with Crippen molar-refractivity contribution in [2.24, 2.45) is 7.05 Å². The van der Waals surface area contributed by atoms with Gasteiger partial charge in [-0.1, -0.05) is 14.9 Å². The van der Waals surface area contributed by atoms with Crippen molar-refractivity contribution in [3.63, 3.8) is 0 Å². The van der Waals surface area contributed by atoms with Gasteiger partial charge in [-0.2, -0.15) is 0 Å². The summed E-state index contributed by atoms with van der Waals surface area (Å²) < 4.78 is 30.5. The molecule has 0 aliphatic rings. The lowest BCUT2D eigenvalue weighted by Crippen LogP contribution is -2.21. The molecule has 0 saturated carbocycles. The van der Waals surface area contributed by atoms with Crippen molar-refractivity contribution in [2.75, 3.05) is 31.8 Å². The molecule has 0 unspecified atom stereocenters. The number of nitrogens with one attached hydrogen (secondary N) is 2. The van der Waals surface area contributed by atoms with Crippen molar-refractivity contribution >= 4 is 21.3 Å².